The van der Waals surface area contributed by atoms with Crippen molar-refractivity contribution in [3.63, 3.8) is 0 Å². The largest absolute Gasteiger partial charge is 0.387 e. The average Bonchev–Trinajstić information content (AvgIpc) is 3.62. The van der Waals surface area contributed by atoms with Crippen LogP contribution in [-0.2, 0) is 66.9 Å². The van der Waals surface area contributed by atoms with Gasteiger partial charge in [0.05, 0.1) is 48.0 Å². The van der Waals surface area contributed by atoms with E-state index >= 15 is 0 Å². The molecule has 454 valence electrons. The van der Waals surface area contributed by atoms with Gasteiger partial charge in [-0.15, -0.1) is 0 Å². The Labute approximate surface area is 485 Å². The number of methoxy groups -OCH3 is 1. The molecule has 0 saturated carbocycles. The topological polar surface area (TPSA) is 247 Å². The van der Waals surface area contributed by atoms with Crippen LogP contribution in [0.5, 0.6) is 0 Å². The van der Waals surface area contributed by atoms with Gasteiger partial charge in [0, 0.05) is 63.7 Å². The van der Waals surface area contributed by atoms with Crippen molar-refractivity contribution in [2.45, 2.75) is 199 Å². The van der Waals surface area contributed by atoms with Crippen LogP contribution in [0.15, 0.2) is 78.9 Å². The van der Waals surface area contributed by atoms with Crippen LogP contribution >= 0.6 is 0 Å². The monoisotopic (exact) mass is 1140 g/mol. The van der Waals surface area contributed by atoms with Crippen molar-refractivity contribution in [2.75, 3.05) is 40.1 Å². The molecule has 6 rings (SSSR count). The van der Waals surface area contributed by atoms with Gasteiger partial charge in [-0.2, -0.15) is 0 Å². The van der Waals surface area contributed by atoms with Crippen LogP contribution < -0.4 is 21.3 Å². The van der Waals surface area contributed by atoms with Gasteiger partial charge in [-0.05, 0) is 114 Å². The SMILES string of the molecule is CO[C@]1(C)C[C@H](O[C@H]2[C@H](C)[C@@H](O[C@@H]3O[C@H](C)C[C@H](N(C)C)[C@H]3O)[C@](C)(O)C[C@@H](C)CN(C)C(=O)C[C@@H](Cc3ccc(NC(=O)[C@H](Cc4ccccc4C)NC(=O)Cc4ccccc4)cc3)NC(=O)[C@H](C(C)C)NC(=O)[C@@H]2C)O[C@@H](C)[C@@H]1O. The van der Waals surface area contributed by atoms with Crippen LogP contribution in [0, 0.1) is 30.6 Å². The minimum atomic E-state index is -1.70. The first-order chi connectivity index (χ1) is 38.6. The van der Waals surface area contributed by atoms with Crippen LogP contribution in [0.4, 0.5) is 5.69 Å². The van der Waals surface area contributed by atoms with Crippen molar-refractivity contribution >= 4 is 35.2 Å². The van der Waals surface area contributed by atoms with Crippen LogP contribution in [0.3, 0.4) is 0 Å². The number of aryl methyl sites for hydroxylation is 1. The second kappa shape index (κ2) is 29.0. The van der Waals surface area contributed by atoms with Crippen molar-refractivity contribution in [1.29, 1.82) is 0 Å². The predicted molar refractivity (Wildman–Crippen MR) is 312 cm³/mol. The molecule has 3 aliphatic rings. The fourth-order valence-electron chi connectivity index (χ4n) is 12.1. The number of aliphatic hydroxyl groups is 3. The summed E-state index contributed by atoms with van der Waals surface area (Å²) in [6.45, 7) is 18.2. The van der Waals surface area contributed by atoms with E-state index in [0.717, 1.165) is 22.3 Å². The Morgan fingerprint density at radius 1 is 0.866 bits per heavy atom. The van der Waals surface area contributed by atoms with Crippen molar-refractivity contribution < 1.29 is 63.0 Å². The molecule has 3 saturated heterocycles. The van der Waals surface area contributed by atoms with E-state index in [1.807, 2.05) is 120 Å². The Hall–Kier alpha value is -5.35. The highest BCUT2D eigenvalue weighted by Gasteiger charge is 2.51. The molecule has 3 heterocycles. The quantitative estimate of drug-likeness (QED) is 0.0990. The van der Waals surface area contributed by atoms with Gasteiger partial charge in [-0.25, -0.2) is 0 Å². The van der Waals surface area contributed by atoms with E-state index in [1.54, 1.807) is 58.7 Å². The summed E-state index contributed by atoms with van der Waals surface area (Å²) in [7, 11) is 6.91. The summed E-state index contributed by atoms with van der Waals surface area (Å²) < 4.78 is 32.1. The molecule has 3 aromatic rings. The molecule has 3 fully saturated rings. The van der Waals surface area contributed by atoms with Gasteiger partial charge in [-0.1, -0.05) is 101 Å². The molecule has 5 amide bonds. The highest BCUT2D eigenvalue weighted by atomic mass is 16.7. The number of aliphatic hydroxyl groups excluding tert-OH is 2. The fraction of sp³-hybridized carbons (Fsp3) is 0.635. The van der Waals surface area contributed by atoms with Gasteiger partial charge in [0.2, 0.25) is 29.5 Å². The summed E-state index contributed by atoms with van der Waals surface area (Å²) in [4.78, 5) is 74.8. The molecule has 0 aromatic heterocycles. The lowest BCUT2D eigenvalue weighted by Gasteiger charge is -2.49. The molecule has 0 aliphatic carbocycles. The normalized spacial score (nSPS) is 33.3. The maximum absolute atomic E-state index is 14.9. The molecule has 0 unspecified atom stereocenters. The lowest BCUT2D eigenvalue weighted by molar-refractivity contribution is -0.317. The van der Waals surface area contributed by atoms with E-state index in [4.69, 9.17) is 23.7 Å². The maximum Gasteiger partial charge on any atom is 0.247 e. The van der Waals surface area contributed by atoms with E-state index in [2.05, 4.69) is 21.3 Å². The maximum atomic E-state index is 14.9. The minimum absolute atomic E-state index is 0.0817. The van der Waals surface area contributed by atoms with Gasteiger partial charge in [0.25, 0.3) is 0 Å². The summed E-state index contributed by atoms with van der Waals surface area (Å²) in [5.41, 5.74) is 1.16. The number of ether oxygens (including phenoxy) is 5. The summed E-state index contributed by atoms with van der Waals surface area (Å²) in [5, 5.41) is 47.9. The Balaban J connectivity index is 1.29. The van der Waals surface area contributed by atoms with E-state index in [0.29, 0.717) is 12.1 Å². The van der Waals surface area contributed by atoms with E-state index in [9.17, 15) is 39.3 Å². The lowest BCUT2D eigenvalue weighted by atomic mass is 9.77. The molecule has 82 heavy (non-hydrogen) atoms. The van der Waals surface area contributed by atoms with Crippen LogP contribution in [0.25, 0.3) is 0 Å². The molecule has 19 heteroatoms. The fourth-order valence-corrected chi connectivity index (χ4v) is 12.1. The highest BCUT2D eigenvalue weighted by molar-refractivity contribution is 5.97. The van der Waals surface area contributed by atoms with Gasteiger partial charge in [-0.3, -0.25) is 24.0 Å². The first-order valence-electron chi connectivity index (χ1n) is 29.1. The molecule has 0 radical (unpaired) electrons. The van der Waals surface area contributed by atoms with Gasteiger partial charge in [0.1, 0.15) is 24.3 Å². The van der Waals surface area contributed by atoms with Crippen LogP contribution in [0.2, 0.25) is 0 Å². The Bertz CT molecular complexity index is 2590. The first kappa shape index (κ1) is 65.8. The van der Waals surface area contributed by atoms with Crippen molar-refractivity contribution in [3.8, 4) is 0 Å². The second-order valence-corrected chi connectivity index (χ2v) is 24.7. The molecular formula is C63H94N6O13. The second-order valence-electron chi connectivity index (χ2n) is 24.7. The van der Waals surface area contributed by atoms with E-state index < -0.39 is 108 Å². The third kappa shape index (κ3) is 17.4. The molecule has 3 aliphatic heterocycles. The molecule has 0 bridgehead atoms. The van der Waals surface area contributed by atoms with Crippen molar-refractivity contribution in [1.82, 2.24) is 25.8 Å². The number of nitrogens with one attached hydrogen (secondary N) is 4. The third-order valence-corrected chi connectivity index (χ3v) is 16.9. The average molecular weight is 1140 g/mol. The van der Waals surface area contributed by atoms with Crippen molar-refractivity contribution in [2.24, 2.45) is 23.7 Å². The Morgan fingerprint density at radius 3 is 2.16 bits per heavy atom. The number of rotatable bonds is 16. The van der Waals surface area contributed by atoms with Gasteiger partial charge >= 0.3 is 0 Å². The number of anilines is 1. The zero-order valence-corrected chi connectivity index (χ0v) is 50.7. The van der Waals surface area contributed by atoms with Gasteiger partial charge in [0.15, 0.2) is 12.6 Å². The number of carbonyl (C=O) groups is 5. The molecule has 17 atom stereocenters. The molecule has 7 N–H and O–H groups in total. The predicted octanol–water partition coefficient (Wildman–Crippen LogP) is 5.08. The summed E-state index contributed by atoms with van der Waals surface area (Å²) >= 11 is 0. The van der Waals surface area contributed by atoms with Crippen molar-refractivity contribution in [3.05, 3.63) is 101 Å². The molecule has 3 aromatic carbocycles. The molecule has 0 spiro atoms. The van der Waals surface area contributed by atoms with Crippen LogP contribution in [0.1, 0.15) is 110 Å². The number of hydrogen-bond acceptors (Lipinski definition) is 14. The highest BCUT2D eigenvalue weighted by Crippen LogP contribution is 2.39. The lowest BCUT2D eigenvalue weighted by Crippen LogP contribution is -2.61. The number of nitrogens with zero attached hydrogens (tertiary/aromatic N) is 2. The Morgan fingerprint density at radius 2 is 1.52 bits per heavy atom. The third-order valence-electron chi connectivity index (χ3n) is 16.9. The number of likely N-dealkylation sites (N-methyl/N-ethyl adjacent to an activating group) is 1. The van der Waals surface area contributed by atoms with Crippen LogP contribution in [-0.4, -0.2) is 174 Å². The summed E-state index contributed by atoms with van der Waals surface area (Å²) in [5.74, 6) is -4.67. The number of carbonyl (C=O) groups excluding carboxylic acids is 5. The minimum Gasteiger partial charge on any atom is -0.387 e. The smallest absolute Gasteiger partial charge is 0.247 e. The molecule has 19 nitrogen and oxygen atoms in total. The number of benzene rings is 3. The van der Waals surface area contributed by atoms with E-state index in [1.165, 1.54) is 7.11 Å². The van der Waals surface area contributed by atoms with Gasteiger partial charge < -0.3 is 70.1 Å². The van der Waals surface area contributed by atoms with E-state index in [-0.39, 0.29) is 74.9 Å². The zero-order chi connectivity index (χ0) is 60.4. The summed E-state index contributed by atoms with van der Waals surface area (Å²) in [6, 6.07) is 21.0. The Kier molecular flexibility index (Phi) is 23.2. The zero-order valence-electron chi connectivity index (χ0n) is 50.7. The number of hydrogen-bond donors (Lipinski definition) is 7. The first-order valence-corrected chi connectivity index (χ1v) is 29.1. The summed E-state index contributed by atoms with van der Waals surface area (Å²) in [6.07, 6.45) is -6.47. The standard InChI is InChI=1S/C63H94N6O13/c1-36(2)53-60(76)65-47(29-44-24-26-46(27-25-44)64-59(75)48(31-45-23-19-18-20-38(45)4)66-50(70)30-43-21-16-15-17-22-43)32-51(71)69(13)35-37(3)33-62(9,77)57(82-61-54(72)49(68(11)12)28-39(5)79-61)40(6)55(41(7)58(74)67-53)81-52-34-63(10,78-14)56(73)42(8)80-52/h15-27,36-37,39-42,47-49,52-57,61,72-73,77H,28-35H2,1-14H3,(H,64,75)(H,65,76)(H,66,70)(H,67,74)/t37-,39-,40+,41-,42+,47-,48+,49+,52+,53+,54-,55+,56+,57-,61+,62-,63-/m1/s1. The molecular weight excluding hydrogens is 1050 g/mol. The number of amides is 5.